The number of aryl methyl sites for hydroxylation is 2. The van der Waals surface area contributed by atoms with E-state index in [-0.39, 0.29) is 11.7 Å². The highest BCUT2D eigenvalue weighted by Gasteiger charge is 2.43. The Labute approximate surface area is 227 Å². The topological polar surface area (TPSA) is 104 Å². The fourth-order valence-corrected chi connectivity index (χ4v) is 5.19. The molecule has 0 unspecified atom stereocenters. The first-order valence-electron chi connectivity index (χ1n) is 13.2. The number of anilines is 1. The highest BCUT2D eigenvalue weighted by atomic mass is 32.2. The van der Waals surface area contributed by atoms with Crippen molar-refractivity contribution in [2.45, 2.75) is 71.4 Å². The van der Waals surface area contributed by atoms with E-state index in [1.807, 2.05) is 49.3 Å². The summed E-state index contributed by atoms with van der Waals surface area (Å²) in [5, 5.41) is 4.74. The van der Waals surface area contributed by atoms with Gasteiger partial charge in [0.05, 0.1) is 16.9 Å². The average Bonchev–Trinajstić information content (AvgIpc) is 3.86. The first kappa shape index (κ1) is 28.1. The summed E-state index contributed by atoms with van der Waals surface area (Å²) < 4.78 is 14.1. The highest BCUT2D eigenvalue weighted by molar-refractivity contribution is 8.02. The molecule has 3 heterocycles. The zero-order valence-corrected chi connectivity index (χ0v) is 24.1. The lowest BCUT2D eigenvalue weighted by Gasteiger charge is -2.22. The maximum atomic E-state index is 13.7. The molecule has 3 aromatic rings. The van der Waals surface area contributed by atoms with Gasteiger partial charge in [0.1, 0.15) is 16.9 Å². The zero-order valence-electron chi connectivity index (χ0n) is 23.3. The van der Waals surface area contributed by atoms with Gasteiger partial charge in [-0.3, -0.25) is 9.59 Å². The van der Waals surface area contributed by atoms with Gasteiger partial charge in [0.25, 0.3) is 5.91 Å². The van der Waals surface area contributed by atoms with Gasteiger partial charge in [0.2, 0.25) is 12.1 Å². The molecule has 0 atom stereocenters. The monoisotopic (exact) mass is 542 g/mol. The summed E-state index contributed by atoms with van der Waals surface area (Å²) >= 11 is 1.37. The molecule has 0 aromatic carbocycles. The Kier molecular flexibility index (Phi) is 8.79. The Morgan fingerprint density at radius 2 is 1.84 bits per heavy atom. The van der Waals surface area contributed by atoms with Crippen molar-refractivity contribution in [3.8, 4) is 0 Å². The van der Waals surface area contributed by atoms with Gasteiger partial charge in [-0.1, -0.05) is 13.8 Å². The molecule has 0 aliphatic heterocycles. The number of rotatable bonds is 11. The molecule has 2 aliphatic rings. The van der Waals surface area contributed by atoms with Crippen molar-refractivity contribution < 1.29 is 19.1 Å². The Bertz CT molecular complexity index is 1340. The fraction of sp³-hybridized carbons (Fsp3) is 0.556. The van der Waals surface area contributed by atoms with Gasteiger partial charge in [-0.25, -0.2) is 9.97 Å². The second kappa shape index (κ2) is 11.9. The molecule has 206 valence electrons. The van der Waals surface area contributed by atoms with Crippen LogP contribution < -0.4 is 5.32 Å². The van der Waals surface area contributed by atoms with Crippen LogP contribution in [0, 0.1) is 0 Å². The lowest BCUT2D eigenvalue weighted by Crippen LogP contribution is -2.36. The van der Waals surface area contributed by atoms with Crippen LogP contribution in [0.25, 0.3) is 22.1 Å². The van der Waals surface area contributed by atoms with Crippen LogP contribution in [-0.2, 0) is 27.9 Å². The maximum Gasteiger partial charge on any atom is 0.271 e. The summed E-state index contributed by atoms with van der Waals surface area (Å²) in [4.78, 5) is 37.9. The molecular formula is C27H38N6O4S. The molecule has 0 spiro atoms. The van der Waals surface area contributed by atoms with Crippen molar-refractivity contribution in [3.63, 3.8) is 0 Å². The standard InChI is InChI=1S/C25H32N6O4S.C2H6/c1-6-30-17(24(33)31(14-7-8-14)15-9-10-15)11-16-21-20(26-13-29(21)2)22(28-23(16)30)27-19(36-5)12-18(32)25(34-3)35-4;1-2/h11-15,25H,6-10H2,1-5H3,(H,27,28);1-2H3/b19-12+;. The zero-order chi connectivity index (χ0) is 27.6. The van der Waals surface area contributed by atoms with Crippen molar-refractivity contribution in [3.05, 3.63) is 29.2 Å². The number of pyridine rings is 1. The van der Waals surface area contributed by atoms with Crippen LogP contribution in [0.3, 0.4) is 0 Å². The van der Waals surface area contributed by atoms with Gasteiger partial charge >= 0.3 is 0 Å². The van der Waals surface area contributed by atoms with E-state index >= 15 is 0 Å². The van der Waals surface area contributed by atoms with Crippen molar-refractivity contribution in [1.82, 2.24) is 24.0 Å². The fourth-order valence-electron chi connectivity index (χ4n) is 4.75. The van der Waals surface area contributed by atoms with Crippen molar-refractivity contribution in [1.29, 1.82) is 0 Å². The third-order valence-corrected chi connectivity index (χ3v) is 7.41. The smallest absolute Gasteiger partial charge is 0.271 e. The van der Waals surface area contributed by atoms with Crippen LogP contribution in [0.2, 0.25) is 0 Å². The average molecular weight is 543 g/mol. The van der Waals surface area contributed by atoms with Gasteiger partial charge in [-0.05, 0) is 44.9 Å². The van der Waals surface area contributed by atoms with Crippen LogP contribution in [0.5, 0.6) is 0 Å². The molecule has 2 aliphatic carbocycles. The van der Waals surface area contributed by atoms with E-state index in [0.29, 0.717) is 46.3 Å². The number of nitrogens with one attached hydrogen (secondary N) is 1. The number of thioether (sulfide) groups is 1. The van der Waals surface area contributed by atoms with Gasteiger partial charge in [-0.2, -0.15) is 0 Å². The Hall–Kier alpha value is -2.89. The van der Waals surface area contributed by atoms with Crippen LogP contribution in [0.15, 0.2) is 23.5 Å². The highest BCUT2D eigenvalue weighted by Crippen LogP contribution is 2.39. The lowest BCUT2D eigenvalue weighted by atomic mass is 10.2. The van der Waals surface area contributed by atoms with Crippen molar-refractivity contribution >= 4 is 51.3 Å². The number of aromatic nitrogens is 4. The molecule has 0 bridgehead atoms. The first-order chi connectivity index (χ1) is 18.4. The number of nitrogens with zero attached hydrogens (tertiary/aromatic N) is 5. The SMILES string of the molecule is CC.CCn1c(C(=O)N(C2CC2)C2CC2)cc2c3c(ncn3C)c(N/C(=C\C(=O)C(OC)OC)SC)nc21. The third-order valence-electron chi connectivity index (χ3n) is 6.75. The van der Waals surface area contributed by atoms with Gasteiger partial charge < -0.3 is 28.8 Å². The van der Waals surface area contributed by atoms with Gasteiger partial charge in [0, 0.05) is 51.4 Å². The van der Waals surface area contributed by atoms with Crippen molar-refractivity contribution in [2.24, 2.45) is 7.05 Å². The summed E-state index contributed by atoms with van der Waals surface area (Å²) in [5.74, 6) is 0.288. The summed E-state index contributed by atoms with van der Waals surface area (Å²) in [7, 11) is 4.77. The van der Waals surface area contributed by atoms with E-state index in [2.05, 4.69) is 15.2 Å². The molecule has 1 N–H and O–H groups in total. The number of carbonyl (C=O) groups excluding carboxylic acids is 2. The molecular weight excluding hydrogens is 504 g/mol. The van der Waals surface area contributed by atoms with Crippen LogP contribution in [0.1, 0.15) is 56.9 Å². The molecule has 0 radical (unpaired) electrons. The Morgan fingerprint density at radius 1 is 1.21 bits per heavy atom. The second-order valence-corrected chi connectivity index (χ2v) is 10.1. The Morgan fingerprint density at radius 3 is 2.37 bits per heavy atom. The van der Waals surface area contributed by atoms with E-state index in [0.717, 1.165) is 36.6 Å². The van der Waals surface area contributed by atoms with E-state index in [1.165, 1.54) is 32.1 Å². The molecule has 3 aromatic heterocycles. The predicted molar refractivity (Wildman–Crippen MR) is 151 cm³/mol. The third kappa shape index (κ3) is 5.32. The van der Waals surface area contributed by atoms with Crippen LogP contribution >= 0.6 is 11.8 Å². The van der Waals surface area contributed by atoms with E-state index in [4.69, 9.17) is 14.5 Å². The minimum Gasteiger partial charge on any atom is -0.349 e. The predicted octanol–water partition coefficient (Wildman–Crippen LogP) is 4.54. The molecule has 38 heavy (non-hydrogen) atoms. The number of ether oxygens (including phenoxy) is 2. The van der Waals surface area contributed by atoms with E-state index < -0.39 is 6.29 Å². The second-order valence-electron chi connectivity index (χ2n) is 9.24. The number of imidazole rings is 1. The molecule has 0 saturated heterocycles. The maximum absolute atomic E-state index is 13.7. The normalized spacial score (nSPS) is 15.6. The number of hydrogen-bond donors (Lipinski definition) is 1. The minimum absolute atomic E-state index is 0.0881. The van der Waals surface area contributed by atoms with Gasteiger partial charge in [0.15, 0.2) is 5.82 Å². The van der Waals surface area contributed by atoms with E-state index in [1.54, 1.807) is 6.33 Å². The minimum atomic E-state index is -0.981. The summed E-state index contributed by atoms with van der Waals surface area (Å²) in [6.45, 7) is 6.63. The number of carbonyl (C=O) groups is 2. The lowest BCUT2D eigenvalue weighted by molar-refractivity contribution is -0.151. The largest absolute Gasteiger partial charge is 0.349 e. The first-order valence-corrected chi connectivity index (χ1v) is 14.4. The Balaban J connectivity index is 0.00000164. The molecule has 2 fully saturated rings. The molecule has 2 saturated carbocycles. The molecule has 1 amide bonds. The molecule has 10 nitrogen and oxygen atoms in total. The number of methoxy groups -OCH3 is 2. The van der Waals surface area contributed by atoms with Crippen LogP contribution in [0.4, 0.5) is 5.82 Å². The number of amides is 1. The number of fused-ring (bicyclic) bond motifs is 3. The number of ketones is 1. The summed E-state index contributed by atoms with van der Waals surface area (Å²) in [6.07, 6.45) is 8.41. The quantitative estimate of drug-likeness (QED) is 0.278. The molecule has 5 rings (SSSR count). The molecule has 11 heteroatoms. The van der Waals surface area contributed by atoms with Crippen molar-refractivity contribution in [2.75, 3.05) is 25.8 Å². The summed E-state index contributed by atoms with van der Waals surface area (Å²) in [6, 6.07) is 2.70. The summed E-state index contributed by atoms with van der Waals surface area (Å²) in [5.41, 5.74) is 2.93. The number of hydrogen-bond acceptors (Lipinski definition) is 8. The van der Waals surface area contributed by atoms with Gasteiger partial charge in [-0.15, -0.1) is 11.8 Å². The van der Waals surface area contributed by atoms with Crippen LogP contribution in [-0.4, -0.2) is 74.5 Å². The van der Waals surface area contributed by atoms with E-state index in [9.17, 15) is 9.59 Å².